The lowest BCUT2D eigenvalue weighted by atomic mass is 9.96. The molecule has 0 saturated carbocycles. The van der Waals surface area contributed by atoms with Crippen molar-refractivity contribution in [1.29, 1.82) is 5.26 Å². The lowest BCUT2D eigenvalue weighted by molar-refractivity contribution is -0.115. The SMILES string of the molecule is CCC(Sc1nc2c(cc1C#N)CCCCCC2)C(=O)Nc1ccc(Cl)c(C(=O)O)c1. The topological polar surface area (TPSA) is 103 Å². The maximum absolute atomic E-state index is 12.9. The normalized spacial score (nSPS) is 14.5. The molecule has 1 aliphatic rings. The van der Waals surface area contributed by atoms with E-state index < -0.39 is 11.2 Å². The lowest BCUT2D eigenvalue weighted by Crippen LogP contribution is -2.25. The van der Waals surface area contributed by atoms with E-state index in [9.17, 15) is 20.0 Å². The first-order chi connectivity index (χ1) is 14.9. The largest absolute Gasteiger partial charge is 0.478 e. The summed E-state index contributed by atoms with van der Waals surface area (Å²) in [6.45, 7) is 1.89. The molecule has 2 aromatic rings. The van der Waals surface area contributed by atoms with E-state index in [-0.39, 0.29) is 16.5 Å². The number of nitrogens with zero attached hydrogens (tertiary/aromatic N) is 2. The summed E-state index contributed by atoms with van der Waals surface area (Å²) in [5.74, 6) is -1.44. The Morgan fingerprint density at radius 3 is 2.68 bits per heavy atom. The van der Waals surface area contributed by atoms with Gasteiger partial charge >= 0.3 is 5.97 Å². The van der Waals surface area contributed by atoms with E-state index in [1.165, 1.54) is 36.7 Å². The van der Waals surface area contributed by atoms with Crippen LogP contribution in [0.15, 0.2) is 29.3 Å². The monoisotopic (exact) mass is 457 g/mol. The summed E-state index contributed by atoms with van der Waals surface area (Å²) < 4.78 is 0. The predicted octanol–water partition coefficient (Wildman–Crippen LogP) is 5.47. The number of amides is 1. The van der Waals surface area contributed by atoms with Crippen molar-refractivity contribution in [2.75, 3.05) is 5.32 Å². The Morgan fingerprint density at radius 2 is 2.00 bits per heavy atom. The van der Waals surface area contributed by atoms with E-state index in [1.807, 2.05) is 13.0 Å². The average molecular weight is 458 g/mol. The molecule has 1 atom stereocenters. The summed E-state index contributed by atoms with van der Waals surface area (Å²) in [6, 6.07) is 8.51. The molecule has 1 unspecified atom stereocenters. The number of anilines is 1. The highest BCUT2D eigenvalue weighted by molar-refractivity contribution is 8.00. The number of nitriles is 1. The van der Waals surface area contributed by atoms with Gasteiger partial charge in [0.2, 0.25) is 5.91 Å². The molecule has 1 aromatic heterocycles. The number of benzene rings is 1. The number of carboxylic acids is 1. The molecule has 162 valence electrons. The van der Waals surface area contributed by atoms with Crippen molar-refractivity contribution in [2.45, 2.75) is 62.1 Å². The molecule has 3 rings (SSSR count). The molecule has 1 amide bonds. The maximum Gasteiger partial charge on any atom is 0.337 e. The van der Waals surface area contributed by atoms with E-state index in [4.69, 9.17) is 16.6 Å². The molecule has 8 heteroatoms. The molecule has 0 bridgehead atoms. The van der Waals surface area contributed by atoms with Crippen LogP contribution in [0.2, 0.25) is 5.02 Å². The Kier molecular flexibility index (Phi) is 7.94. The van der Waals surface area contributed by atoms with Gasteiger partial charge in [0, 0.05) is 11.4 Å². The standard InChI is InChI=1S/C23H24ClN3O3S/c1-2-20(21(28)26-16-9-10-18(24)17(12-16)23(29)30)31-22-15(13-25)11-14-7-5-3-4-6-8-19(14)27-22/h9-12,20H,2-8H2,1H3,(H,26,28)(H,29,30). The van der Waals surface area contributed by atoms with Gasteiger partial charge in [0.1, 0.15) is 11.1 Å². The third-order valence-electron chi connectivity index (χ3n) is 5.27. The van der Waals surface area contributed by atoms with Crippen LogP contribution in [-0.4, -0.2) is 27.2 Å². The zero-order chi connectivity index (χ0) is 22.4. The fraction of sp³-hybridized carbons (Fsp3) is 0.391. The van der Waals surface area contributed by atoms with Crippen molar-refractivity contribution < 1.29 is 14.7 Å². The molecule has 6 nitrogen and oxygen atoms in total. The van der Waals surface area contributed by atoms with Gasteiger partial charge in [0.15, 0.2) is 0 Å². The number of aromatic carboxylic acids is 1. The number of halogens is 1. The fourth-order valence-electron chi connectivity index (χ4n) is 3.58. The highest BCUT2D eigenvalue weighted by Crippen LogP contribution is 2.31. The number of aromatic nitrogens is 1. The summed E-state index contributed by atoms with van der Waals surface area (Å²) in [4.78, 5) is 28.9. The fourth-order valence-corrected chi connectivity index (χ4v) is 4.78. The smallest absolute Gasteiger partial charge is 0.337 e. The summed E-state index contributed by atoms with van der Waals surface area (Å²) in [5, 5.41) is 21.8. The number of carbonyl (C=O) groups excluding carboxylic acids is 1. The summed E-state index contributed by atoms with van der Waals surface area (Å²) in [7, 11) is 0. The van der Waals surface area contributed by atoms with Gasteiger partial charge in [-0.2, -0.15) is 5.26 Å². The predicted molar refractivity (Wildman–Crippen MR) is 122 cm³/mol. The second-order valence-electron chi connectivity index (χ2n) is 7.48. The first kappa shape index (κ1) is 23.1. The van der Waals surface area contributed by atoms with Gasteiger partial charge < -0.3 is 10.4 Å². The van der Waals surface area contributed by atoms with Gasteiger partial charge in [-0.3, -0.25) is 4.79 Å². The van der Waals surface area contributed by atoms with E-state index in [1.54, 1.807) is 6.07 Å². The van der Waals surface area contributed by atoms with Crippen LogP contribution in [0.25, 0.3) is 0 Å². The number of hydrogen-bond acceptors (Lipinski definition) is 5. The molecule has 0 aliphatic heterocycles. The van der Waals surface area contributed by atoms with Gasteiger partial charge in [-0.15, -0.1) is 0 Å². The maximum atomic E-state index is 12.9. The van der Waals surface area contributed by atoms with Crippen LogP contribution in [0.1, 0.15) is 66.2 Å². The number of carbonyl (C=O) groups is 2. The molecular weight excluding hydrogens is 434 g/mol. The molecule has 0 saturated heterocycles. The van der Waals surface area contributed by atoms with Gasteiger partial charge in [0.25, 0.3) is 0 Å². The van der Waals surface area contributed by atoms with Crippen LogP contribution in [0, 0.1) is 11.3 Å². The highest BCUT2D eigenvalue weighted by atomic mass is 35.5. The van der Waals surface area contributed by atoms with Crippen molar-refractivity contribution in [3.63, 3.8) is 0 Å². The van der Waals surface area contributed by atoms with Crippen LogP contribution in [-0.2, 0) is 17.6 Å². The molecule has 0 spiro atoms. The summed E-state index contributed by atoms with van der Waals surface area (Å²) in [5.41, 5.74) is 2.95. The Labute approximate surface area is 191 Å². The Bertz CT molecular complexity index is 1040. The third-order valence-corrected chi connectivity index (χ3v) is 6.96. The number of aryl methyl sites for hydroxylation is 2. The van der Waals surface area contributed by atoms with Gasteiger partial charge in [0.05, 0.1) is 21.4 Å². The van der Waals surface area contributed by atoms with Gasteiger partial charge in [-0.25, -0.2) is 9.78 Å². The Balaban J connectivity index is 1.81. The van der Waals surface area contributed by atoms with Crippen LogP contribution in [0.4, 0.5) is 5.69 Å². The molecule has 0 radical (unpaired) electrons. The number of thioether (sulfide) groups is 1. The van der Waals surface area contributed by atoms with Crippen LogP contribution in [0.3, 0.4) is 0 Å². The minimum Gasteiger partial charge on any atom is -0.478 e. The van der Waals surface area contributed by atoms with Crippen LogP contribution >= 0.6 is 23.4 Å². The van der Waals surface area contributed by atoms with Crippen molar-refractivity contribution in [1.82, 2.24) is 4.98 Å². The van der Waals surface area contributed by atoms with E-state index in [2.05, 4.69) is 11.4 Å². The molecule has 31 heavy (non-hydrogen) atoms. The molecule has 1 aromatic carbocycles. The number of nitrogens with one attached hydrogen (secondary N) is 1. The Morgan fingerprint density at radius 1 is 1.26 bits per heavy atom. The Hall–Kier alpha value is -2.56. The van der Waals surface area contributed by atoms with E-state index in [0.717, 1.165) is 36.9 Å². The minimum atomic E-state index is -1.16. The summed E-state index contributed by atoms with van der Waals surface area (Å²) >= 11 is 7.18. The van der Waals surface area contributed by atoms with Crippen LogP contribution < -0.4 is 5.32 Å². The first-order valence-electron chi connectivity index (χ1n) is 10.4. The van der Waals surface area contributed by atoms with Crippen molar-refractivity contribution in [3.8, 4) is 6.07 Å². The second kappa shape index (κ2) is 10.7. The zero-order valence-electron chi connectivity index (χ0n) is 17.3. The molecular formula is C23H24ClN3O3S. The van der Waals surface area contributed by atoms with Crippen molar-refractivity contribution in [2.24, 2.45) is 0 Å². The molecule has 2 N–H and O–H groups in total. The average Bonchev–Trinajstić information content (AvgIpc) is 2.73. The molecule has 1 heterocycles. The number of rotatable bonds is 6. The quantitative estimate of drug-likeness (QED) is 0.557. The molecule has 1 aliphatic carbocycles. The van der Waals surface area contributed by atoms with E-state index in [0.29, 0.717) is 22.7 Å². The van der Waals surface area contributed by atoms with Crippen LogP contribution in [0.5, 0.6) is 0 Å². The second-order valence-corrected chi connectivity index (χ2v) is 9.08. The lowest BCUT2D eigenvalue weighted by Gasteiger charge is -2.18. The van der Waals surface area contributed by atoms with Gasteiger partial charge in [-0.1, -0.05) is 43.1 Å². The van der Waals surface area contributed by atoms with Crippen molar-refractivity contribution >= 4 is 40.9 Å². The first-order valence-corrected chi connectivity index (χ1v) is 11.6. The number of fused-ring (bicyclic) bond motifs is 1. The third kappa shape index (κ3) is 5.78. The van der Waals surface area contributed by atoms with Gasteiger partial charge in [-0.05, 0) is 61.9 Å². The zero-order valence-corrected chi connectivity index (χ0v) is 18.9. The minimum absolute atomic E-state index is 0.0738. The summed E-state index contributed by atoms with van der Waals surface area (Å²) in [6.07, 6.45) is 6.91. The van der Waals surface area contributed by atoms with E-state index >= 15 is 0 Å². The molecule has 0 fully saturated rings. The highest BCUT2D eigenvalue weighted by Gasteiger charge is 2.23. The van der Waals surface area contributed by atoms with Crippen molar-refractivity contribution in [3.05, 3.63) is 51.7 Å². The number of pyridine rings is 1. The number of carboxylic acid groups (broad SMARTS) is 1. The number of hydrogen-bond donors (Lipinski definition) is 2.